The maximum absolute atomic E-state index is 12.7. The highest BCUT2D eigenvalue weighted by Crippen LogP contribution is 2.02. The van der Waals surface area contributed by atoms with Gasteiger partial charge in [-0.1, -0.05) is 34.6 Å². The van der Waals surface area contributed by atoms with E-state index in [2.05, 4.69) is 31.9 Å². The number of carbonyl (C=O) groups is 6. The summed E-state index contributed by atoms with van der Waals surface area (Å²) in [6.45, 7) is 11.9. The molecule has 0 saturated heterocycles. The SMILES string of the molecule is CCC(CCN)NC(CC)C(=O)NC(C)C(=O)NC(C)C(=O)NCC(=O)NC(CC)C(=O)NCC(=O)C(C)C. The van der Waals surface area contributed by atoms with Crippen LogP contribution >= 0.6 is 0 Å². The summed E-state index contributed by atoms with van der Waals surface area (Å²) in [6, 6.07) is -3.13. The van der Waals surface area contributed by atoms with Gasteiger partial charge in [0.2, 0.25) is 29.5 Å². The van der Waals surface area contributed by atoms with E-state index in [0.29, 0.717) is 13.0 Å². The third-order valence-electron chi connectivity index (χ3n) is 6.24. The molecule has 0 aromatic rings. The van der Waals surface area contributed by atoms with Crippen molar-refractivity contribution in [3.63, 3.8) is 0 Å². The summed E-state index contributed by atoms with van der Waals surface area (Å²) >= 11 is 0. The van der Waals surface area contributed by atoms with Gasteiger partial charge in [0.25, 0.3) is 0 Å². The van der Waals surface area contributed by atoms with E-state index in [0.717, 1.165) is 12.8 Å². The van der Waals surface area contributed by atoms with Crippen molar-refractivity contribution < 1.29 is 28.8 Å². The van der Waals surface area contributed by atoms with Gasteiger partial charge < -0.3 is 37.6 Å². The second-order valence-corrected chi connectivity index (χ2v) is 9.86. The lowest BCUT2D eigenvalue weighted by Gasteiger charge is -2.25. The van der Waals surface area contributed by atoms with Gasteiger partial charge in [-0.3, -0.25) is 28.8 Å². The Balaban J connectivity index is 4.68. The predicted molar refractivity (Wildman–Crippen MR) is 148 cm³/mol. The van der Waals surface area contributed by atoms with Gasteiger partial charge in [0, 0.05) is 12.0 Å². The molecule has 0 heterocycles. The van der Waals surface area contributed by atoms with Crippen LogP contribution in [0.3, 0.4) is 0 Å². The number of hydrogen-bond acceptors (Lipinski definition) is 8. The number of ketones is 1. The van der Waals surface area contributed by atoms with Crippen molar-refractivity contribution >= 4 is 35.3 Å². The Hall–Kier alpha value is -3.06. The molecule has 0 saturated carbocycles. The van der Waals surface area contributed by atoms with Crippen LogP contribution in [0, 0.1) is 5.92 Å². The fourth-order valence-corrected chi connectivity index (χ4v) is 3.47. The number of hydrogen-bond donors (Lipinski definition) is 7. The Morgan fingerprint density at radius 1 is 0.641 bits per heavy atom. The minimum absolute atomic E-state index is 0.0896. The summed E-state index contributed by atoms with van der Waals surface area (Å²) in [4.78, 5) is 73.8. The van der Waals surface area contributed by atoms with Gasteiger partial charge in [-0.15, -0.1) is 0 Å². The smallest absolute Gasteiger partial charge is 0.242 e. The molecule has 5 unspecified atom stereocenters. The number of nitrogens with one attached hydrogen (secondary N) is 6. The van der Waals surface area contributed by atoms with E-state index >= 15 is 0 Å². The van der Waals surface area contributed by atoms with E-state index in [-0.39, 0.29) is 36.6 Å². The molecule has 0 rings (SSSR count). The molecule has 0 aliphatic rings. The first kappa shape index (κ1) is 35.9. The molecule has 5 amide bonds. The van der Waals surface area contributed by atoms with E-state index < -0.39 is 54.3 Å². The minimum Gasteiger partial charge on any atom is -0.347 e. The normalized spacial score (nSPS) is 14.8. The summed E-state index contributed by atoms with van der Waals surface area (Å²) in [5, 5.41) is 15.9. The summed E-state index contributed by atoms with van der Waals surface area (Å²) < 4.78 is 0. The van der Waals surface area contributed by atoms with Crippen molar-refractivity contribution in [2.24, 2.45) is 11.7 Å². The van der Waals surface area contributed by atoms with Crippen LogP contribution in [0.15, 0.2) is 0 Å². The van der Waals surface area contributed by atoms with Crippen LogP contribution in [-0.2, 0) is 28.8 Å². The highest BCUT2D eigenvalue weighted by atomic mass is 16.2. The largest absolute Gasteiger partial charge is 0.347 e. The highest BCUT2D eigenvalue weighted by molar-refractivity contribution is 5.95. The summed E-state index contributed by atoms with van der Waals surface area (Å²) in [5.41, 5.74) is 5.62. The second-order valence-electron chi connectivity index (χ2n) is 9.86. The fourth-order valence-electron chi connectivity index (χ4n) is 3.47. The first-order valence-electron chi connectivity index (χ1n) is 13.7. The Morgan fingerprint density at radius 2 is 1.18 bits per heavy atom. The average Bonchev–Trinajstić information content (AvgIpc) is 2.90. The molecule has 0 aromatic carbocycles. The molecule has 224 valence electrons. The Labute approximate surface area is 231 Å². The van der Waals surface area contributed by atoms with Crippen LogP contribution in [0.25, 0.3) is 0 Å². The Morgan fingerprint density at radius 3 is 1.69 bits per heavy atom. The zero-order chi connectivity index (χ0) is 30.1. The van der Waals surface area contributed by atoms with Crippen molar-refractivity contribution in [3.8, 4) is 0 Å². The van der Waals surface area contributed by atoms with Crippen molar-refractivity contribution in [1.29, 1.82) is 0 Å². The fraction of sp³-hybridized carbons (Fsp3) is 0.769. The van der Waals surface area contributed by atoms with Crippen LogP contribution in [0.4, 0.5) is 0 Å². The lowest BCUT2D eigenvalue weighted by Crippen LogP contribution is -2.56. The third-order valence-corrected chi connectivity index (χ3v) is 6.24. The molecular weight excluding hydrogens is 506 g/mol. The molecular formula is C26H49N7O6. The van der Waals surface area contributed by atoms with E-state index in [4.69, 9.17) is 5.73 Å². The van der Waals surface area contributed by atoms with E-state index in [1.165, 1.54) is 13.8 Å². The zero-order valence-corrected chi connectivity index (χ0v) is 24.4. The quantitative estimate of drug-likeness (QED) is 0.103. The first-order chi connectivity index (χ1) is 18.3. The van der Waals surface area contributed by atoms with E-state index in [1.54, 1.807) is 20.8 Å². The van der Waals surface area contributed by atoms with Crippen LogP contribution in [0.5, 0.6) is 0 Å². The Kier molecular flexibility index (Phi) is 17.6. The predicted octanol–water partition coefficient (Wildman–Crippen LogP) is -1.16. The van der Waals surface area contributed by atoms with Gasteiger partial charge in [-0.25, -0.2) is 0 Å². The van der Waals surface area contributed by atoms with E-state index in [9.17, 15) is 28.8 Å². The molecule has 0 aliphatic carbocycles. The van der Waals surface area contributed by atoms with Gasteiger partial charge in [0.1, 0.15) is 18.1 Å². The number of Topliss-reactive ketones (excluding diaryl/α,β-unsaturated/α-hetero) is 1. The number of nitrogens with two attached hydrogens (primary N) is 1. The lowest BCUT2D eigenvalue weighted by atomic mass is 10.1. The molecule has 0 bridgehead atoms. The van der Waals surface area contributed by atoms with Gasteiger partial charge in [-0.2, -0.15) is 0 Å². The number of amides is 5. The molecule has 39 heavy (non-hydrogen) atoms. The van der Waals surface area contributed by atoms with Crippen LogP contribution in [0.2, 0.25) is 0 Å². The zero-order valence-electron chi connectivity index (χ0n) is 24.4. The second kappa shape index (κ2) is 19.1. The lowest BCUT2D eigenvalue weighted by molar-refractivity contribution is -0.133. The van der Waals surface area contributed by atoms with Crippen LogP contribution < -0.4 is 37.6 Å². The third kappa shape index (κ3) is 14.1. The number of carbonyl (C=O) groups excluding carboxylic acids is 6. The Bertz CT molecular complexity index is 836. The van der Waals surface area contributed by atoms with E-state index in [1.807, 2.05) is 13.8 Å². The first-order valence-corrected chi connectivity index (χ1v) is 13.7. The average molecular weight is 556 g/mol. The minimum atomic E-state index is -0.980. The summed E-state index contributed by atoms with van der Waals surface area (Å²) in [7, 11) is 0. The molecule has 0 aromatic heterocycles. The monoisotopic (exact) mass is 555 g/mol. The van der Waals surface area contributed by atoms with Crippen molar-refractivity contribution in [2.45, 2.75) is 104 Å². The topological polar surface area (TPSA) is 201 Å². The van der Waals surface area contributed by atoms with Crippen molar-refractivity contribution in [3.05, 3.63) is 0 Å². The molecule has 13 heteroatoms. The number of rotatable bonds is 19. The molecule has 0 spiro atoms. The molecule has 13 nitrogen and oxygen atoms in total. The molecule has 0 aliphatic heterocycles. The molecule has 0 radical (unpaired) electrons. The molecule has 5 atom stereocenters. The maximum Gasteiger partial charge on any atom is 0.242 e. The van der Waals surface area contributed by atoms with Crippen LogP contribution in [-0.4, -0.2) is 85.2 Å². The van der Waals surface area contributed by atoms with Crippen LogP contribution in [0.1, 0.15) is 74.1 Å². The van der Waals surface area contributed by atoms with Crippen molar-refractivity contribution in [2.75, 3.05) is 19.6 Å². The molecule has 0 fully saturated rings. The van der Waals surface area contributed by atoms with Crippen molar-refractivity contribution in [1.82, 2.24) is 31.9 Å². The standard InChI is InChI=1S/C26H49N7O6/c1-8-18(11-12-27)32-20(10-3)26(39)31-17(7)24(37)30-16(6)23(36)29-14-22(35)33-19(9-2)25(38)28-13-21(34)15(4)5/h15-20,32H,8-14,27H2,1-7H3,(H,28,38)(H,29,36)(H,30,37)(H,31,39)(H,33,35). The molecule has 8 N–H and O–H groups in total. The van der Waals surface area contributed by atoms with Gasteiger partial charge in [-0.05, 0) is 46.1 Å². The summed E-state index contributed by atoms with van der Waals surface area (Å²) in [5.74, 6) is -2.94. The maximum atomic E-state index is 12.7. The highest BCUT2D eigenvalue weighted by Gasteiger charge is 2.26. The van der Waals surface area contributed by atoms with Gasteiger partial charge in [0.15, 0.2) is 5.78 Å². The van der Waals surface area contributed by atoms with Gasteiger partial charge >= 0.3 is 0 Å². The summed E-state index contributed by atoms with van der Waals surface area (Å²) in [6.07, 6.45) is 2.36. The van der Waals surface area contributed by atoms with Gasteiger partial charge in [0.05, 0.1) is 19.1 Å².